The van der Waals surface area contributed by atoms with Gasteiger partial charge in [0.05, 0.1) is 28.6 Å². The number of ether oxygens (including phenoxy) is 1. The average molecular weight is 300 g/mol. The molecule has 0 bridgehead atoms. The molecule has 0 aliphatic rings. The van der Waals surface area contributed by atoms with Crippen LogP contribution in [0.15, 0.2) is 42.5 Å². The highest BCUT2D eigenvalue weighted by Gasteiger charge is 2.17. The number of methoxy groups -OCH3 is 1. The highest BCUT2D eigenvalue weighted by atomic mass is 16.6. The maximum atomic E-state index is 11.0. The van der Waals surface area contributed by atoms with Gasteiger partial charge < -0.3 is 4.74 Å². The molecule has 0 fully saturated rings. The molecule has 0 aliphatic carbocycles. The van der Waals surface area contributed by atoms with Crippen molar-refractivity contribution in [3.05, 3.63) is 73.8 Å². The van der Waals surface area contributed by atoms with Crippen LogP contribution in [0.25, 0.3) is 12.2 Å². The molecular weight excluding hydrogens is 288 g/mol. The van der Waals surface area contributed by atoms with Crippen molar-refractivity contribution in [2.45, 2.75) is 0 Å². The van der Waals surface area contributed by atoms with Crippen molar-refractivity contribution in [3.63, 3.8) is 0 Å². The van der Waals surface area contributed by atoms with Crippen molar-refractivity contribution in [3.8, 4) is 5.75 Å². The third-order valence-corrected chi connectivity index (χ3v) is 2.97. The van der Waals surface area contributed by atoms with Crippen LogP contribution in [-0.2, 0) is 0 Å². The van der Waals surface area contributed by atoms with Crippen LogP contribution in [0.5, 0.6) is 5.75 Å². The minimum absolute atomic E-state index is 0.290. The number of nitro benzene ring substituents is 2. The van der Waals surface area contributed by atoms with Crippen molar-refractivity contribution >= 4 is 23.5 Å². The van der Waals surface area contributed by atoms with Crippen LogP contribution in [-0.4, -0.2) is 17.0 Å². The molecule has 0 saturated heterocycles. The van der Waals surface area contributed by atoms with Gasteiger partial charge in [0.1, 0.15) is 5.75 Å². The Bertz CT molecular complexity index is 755. The Morgan fingerprint density at radius 3 is 2.41 bits per heavy atom. The molecule has 0 heterocycles. The first-order valence-corrected chi connectivity index (χ1v) is 6.26. The number of benzene rings is 2. The van der Waals surface area contributed by atoms with E-state index >= 15 is 0 Å². The zero-order valence-electron chi connectivity index (χ0n) is 11.6. The molecule has 0 spiro atoms. The summed E-state index contributed by atoms with van der Waals surface area (Å²) in [5.41, 5.74) is 0.462. The minimum Gasteiger partial charge on any atom is -0.497 e. The molecule has 0 amide bonds. The lowest BCUT2D eigenvalue weighted by Gasteiger charge is -2.01. The predicted molar refractivity (Wildman–Crippen MR) is 81.7 cm³/mol. The molecule has 2 rings (SSSR count). The van der Waals surface area contributed by atoms with E-state index in [1.54, 1.807) is 31.4 Å². The lowest BCUT2D eigenvalue weighted by Crippen LogP contribution is -1.94. The van der Waals surface area contributed by atoms with E-state index in [0.717, 1.165) is 11.6 Å². The summed E-state index contributed by atoms with van der Waals surface area (Å²) in [6.07, 6.45) is 3.22. The van der Waals surface area contributed by atoms with Gasteiger partial charge in [0.25, 0.3) is 11.4 Å². The standard InChI is InChI=1S/C15H12N2O5/c1-22-14-4-2-3-11(9-14)5-6-12-7-8-13(16(18)19)10-15(12)17(20)21/h2-10H,1H3. The fourth-order valence-corrected chi connectivity index (χ4v) is 1.88. The van der Waals surface area contributed by atoms with Crippen LogP contribution in [0, 0.1) is 20.2 Å². The number of hydrogen-bond donors (Lipinski definition) is 0. The van der Waals surface area contributed by atoms with Crippen LogP contribution < -0.4 is 4.74 Å². The van der Waals surface area contributed by atoms with Gasteiger partial charge in [-0.05, 0) is 29.8 Å². The van der Waals surface area contributed by atoms with Crippen molar-refractivity contribution in [1.29, 1.82) is 0 Å². The number of hydrogen-bond acceptors (Lipinski definition) is 5. The molecule has 0 aromatic heterocycles. The van der Waals surface area contributed by atoms with E-state index in [1.807, 2.05) is 6.07 Å². The van der Waals surface area contributed by atoms with E-state index in [1.165, 1.54) is 18.2 Å². The number of nitro groups is 2. The Morgan fingerprint density at radius 2 is 1.77 bits per heavy atom. The van der Waals surface area contributed by atoms with Gasteiger partial charge in [0.15, 0.2) is 0 Å². The van der Waals surface area contributed by atoms with Gasteiger partial charge in [-0.15, -0.1) is 0 Å². The van der Waals surface area contributed by atoms with Crippen molar-refractivity contribution in [2.75, 3.05) is 7.11 Å². The summed E-state index contributed by atoms with van der Waals surface area (Å²) in [6, 6.07) is 10.7. The van der Waals surface area contributed by atoms with Crippen LogP contribution in [0.1, 0.15) is 11.1 Å². The molecule has 0 unspecified atom stereocenters. The normalized spacial score (nSPS) is 10.6. The van der Waals surface area contributed by atoms with Crippen molar-refractivity contribution in [2.24, 2.45) is 0 Å². The molecule has 2 aromatic carbocycles. The first-order chi connectivity index (χ1) is 10.5. The van der Waals surface area contributed by atoms with Gasteiger partial charge in [-0.3, -0.25) is 20.2 Å². The van der Waals surface area contributed by atoms with Crippen LogP contribution in [0.2, 0.25) is 0 Å². The molecule has 112 valence electrons. The summed E-state index contributed by atoms with van der Waals surface area (Å²) in [6.45, 7) is 0. The fraction of sp³-hybridized carbons (Fsp3) is 0.0667. The van der Waals surface area contributed by atoms with E-state index < -0.39 is 9.85 Å². The Hall–Kier alpha value is -3.22. The third kappa shape index (κ3) is 3.45. The van der Waals surface area contributed by atoms with Gasteiger partial charge in [-0.2, -0.15) is 0 Å². The van der Waals surface area contributed by atoms with E-state index in [2.05, 4.69) is 0 Å². The monoisotopic (exact) mass is 300 g/mol. The SMILES string of the molecule is COc1cccc(C=Cc2ccc([N+](=O)[O-])cc2[N+](=O)[O-])c1. The van der Waals surface area contributed by atoms with E-state index in [4.69, 9.17) is 4.74 Å². The number of nitrogens with zero attached hydrogens (tertiary/aromatic N) is 2. The minimum atomic E-state index is -0.664. The van der Waals surface area contributed by atoms with Gasteiger partial charge >= 0.3 is 0 Å². The lowest BCUT2D eigenvalue weighted by atomic mass is 10.1. The number of rotatable bonds is 5. The first-order valence-electron chi connectivity index (χ1n) is 6.26. The van der Waals surface area contributed by atoms with Crippen LogP contribution in [0.3, 0.4) is 0 Å². The second-order valence-corrected chi connectivity index (χ2v) is 4.37. The van der Waals surface area contributed by atoms with Crippen molar-refractivity contribution in [1.82, 2.24) is 0 Å². The topological polar surface area (TPSA) is 95.5 Å². The molecule has 0 N–H and O–H groups in total. The second kappa shape index (κ2) is 6.49. The largest absolute Gasteiger partial charge is 0.497 e. The zero-order valence-corrected chi connectivity index (χ0v) is 11.6. The van der Waals surface area contributed by atoms with Crippen LogP contribution in [0.4, 0.5) is 11.4 Å². The van der Waals surface area contributed by atoms with Gasteiger partial charge in [-0.1, -0.05) is 18.2 Å². The summed E-state index contributed by atoms with van der Waals surface area (Å²) in [5, 5.41) is 21.7. The Morgan fingerprint density at radius 1 is 1.00 bits per heavy atom. The van der Waals surface area contributed by atoms with E-state index in [0.29, 0.717) is 11.3 Å². The molecule has 0 aliphatic heterocycles. The molecular formula is C15H12N2O5. The molecule has 2 aromatic rings. The summed E-state index contributed by atoms with van der Waals surface area (Å²) >= 11 is 0. The smallest absolute Gasteiger partial charge is 0.283 e. The summed E-state index contributed by atoms with van der Waals surface area (Å²) in [5.74, 6) is 0.667. The number of non-ortho nitro benzene ring substituents is 1. The van der Waals surface area contributed by atoms with Crippen LogP contribution >= 0.6 is 0 Å². The highest BCUT2D eigenvalue weighted by Crippen LogP contribution is 2.26. The fourth-order valence-electron chi connectivity index (χ4n) is 1.88. The van der Waals surface area contributed by atoms with E-state index in [9.17, 15) is 20.2 Å². The molecule has 7 nitrogen and oxygen atoms in total. The molecule has 0 saturated carbocycles. The van der Waals surface area contributed by atoms with E-state index in [-0.39, 0.29) is 11.4 Å². The third-order valence-electron chi connectivity index (χ3n) is 2.97. The highest BCUT2D eigenvalue weighted by molar-refractivity contribution is 5.75. The Kier molecular flexibility index (Phi) is 4.47. The lowest BCUT2D eigenvalue weighted by molar-refractivity contribution is -0.394. The first kappa shape index (κ1) is 15.2. The molecule has 0 radical (unpaired) electrons. The second-order valence-electron chi connectivity index (χ2n) is 4.37. The Balaban J connectivity index is 2.37. The maximum Gasteiger partial charge on any atom is 0.283 e. The zero-order chi connectivity index (χ0) is 16.1. The quantitative estimate of drug-likeness (QED) is 0.476. The summed E-state index contributed by atoms with van der Waals surface area (Å²) in [7, 11) is 1.55. The Labute approximate surface area is 125 Å². The predicted octanol–water partition coefficient (Wildman–Crippen LogP) is 3.68. The molecule has 0 atom stereocenters. The van der Waals surface area contributed by atoms with Gasteiger partial charge in [-0.25, -0.2) is 0 Å². The maximum absolute atomic E-state index is 11.0. The molecule has 7 heteroatoms. The summed E-state index contributed by atoms with van der Waals surface area (Å²) in [4.78, 5) is 20.4. The molecule has 22 heavy (non-hydrogen) atoms. The van der Waals surface area contributed by atoms with Gasteiger partial charge in [0.2, 0.25) is 0 Å². The summed E-state index contributed by atoms with van der Waals surface area (Å²) < 4.78 is 5.09. The van der Waals surface area contributed by atoms with Crippen molar-refractivity contribution < 1.29 is 14.6 Å². The average Bonchev–Trinajstić information content (AvgIpc) is 2.52. The van der Waals surface area contributed by atoms with Gasteiger partial charge in [0, 0.05) is 6.07 Å².